The lowest BCUT2D eigenvalue weighted by molar-refractivity contribution is -0.139. The number of aliphatic carboxylic acids is 1. The van der Waals surface area contributed by atoms with Gasteiger partial charge in [-0.15, -0.1) is 0 Å². The second-order valence-corrected chi connectivity index (χ2v) is 4.48. The molecule has 0 bridgehead atoms. The number of carbonyl (C=O) groups is 3. The molecule has 1 atom stereocenters. The van der Waals surface area contributed by atoms with Gasteiger partial charge in [-0.25, -0.2) is 9.59 Å². The molecule has 0 spiro atoms. The van der Waals surface area contributed by atoms with Gasteiger partial charge in [0.1, 0.15) is 12.6 Å². The summed E-state index contributed by atoms with van der Waals surface area (Å²) in [6.07, 6.45) is 0.289. The highest BCUT2D eigenvalue weighted by atomic mass is 16.4. The minimum atomic E-state index is -1.08. The van der Waals surface area contributed by atoms with Crippen LogP contribution in [0.1, 0.15) is 34.1 Å². The molecule has 0 heterocycles. The Balaban J connectivity index is 4.47. The zero-order valence-electron chi connectivity index (χ0n) is 11.9. The number of nitrogens with zero attached hydrogens (tertiary/aromatic N) is 1. The smallest absolute Gasteiger partial charge is 0.326 e. The van der Waals surface area contributed by atoms with Crippen LogP contribution in [-0.4, -0.2) is 53.1 Å². The van der Waals surface area contributed by atoms with Crippen LogP contribution in [0.4, 0.5) is 4.79 Å². The van der Waals surface area contributed by atoms with Crippen LogP contribution in [0.3, 0.4) is 0 Å². The van der Waals surface area contributed by atoms with E-state index in [1.54, 1.807) is 13.8 Å². The number of carbonyl (C=O) groups excluding carboxylic acids is 2. The van der Waals surface area contributed by atoms with Crippen LogP contribution in [0, 0.1) is 0 Å². The molecule has 0 aromatic rings. The zero-order valence-corrected chi connectivity index (χ0v) is 11.9. The lowest BCUT2D eigenvalue weighted by atomic mass is 10.2. The van der Waals surface area contributed by atoms with E-state index in [0.717, 1.165) is 0 Å². The van der Waals surface area contributed by atoms with Gasteiger partial charge >= 0.3 is 12.0 Å². The molecule has 0 aliphatic heterocycles. The molecule has 110 valence electrons. The Morgan fingerprint density at radius 3 is 2.11 bits per heavy atom. The average molecular weight is 273 g/mol. The van der Waals surface area contributed by atoms with Crippen molar-refractivity contribution in [3.05, 3.63) is 0 Å². The molecule has 0 aromatic carbocycles. The Labute approximate surface area is 113 Å². The molecule has 0 aliphatic carbocycles. The first-order chi connectivity index (χ1) is 8.81. The van der Waals surface area contributed by atoms with Crippen molar-refractivity contribution in [2.45, 2.75) is 46.2 Å². The van der Waals surface area contributed by atoms with E-state index in [-0.39, 0.29) is 24.9 Å². The van der Waals surface area contributed by atoms with Crippen LogP contribution in [0.5, 0.6) is 0 Å². The second kappa shape index (κ2) is 8.34. The third-order valence-electron chi connectivity index (χ3n) is 2.46. The number of hydrogen-bond donors (Lipinski definition) is 3. The van der Waals surface area contributed by atoms with E-state index < -0.39 is 18.0 Å². The normalized spacial score (nSPS) is 11.8. The first kappa shape index (κ1) is 17.2. The summed E-state index contributed by atoms with van der Waals surface area (Å²) in [6, 6.07) is -1.48. The highest BCUT2D eigenvalue weighted by molar-refractivity contribution is 5.86. The van der Waals surface area contributed by atoms with Gasteiger partial charge in [0.25, 0.3) is 0 Å². The molecule has 3 N–H and O–H groups in total. The van der Waals surface area contributed by atoms with Crippen molar-refractivity contribution in [1.82, 2.24) is 15.5 Å². The molecule has 0 radical (unpaired) electrons. The van der Waals surface area contributed by atoms with Crippen LogP contribution < -0.4 is 10.6 Å². The summed E-state index contributed by atoms with van der Waals surface area (Å²) in [7, 11) is 0. The largest absolute Gasteiger partial charge is 0.480 e. The molecule has 19 heavy (non-hydrogen) atoms. The molecular formula is C12H23N3O4. The van der Waals surface area contributed by atoms with Crippen molar-refractivity contribution in [3.8, 4) is 0 Å². The standard InChI is InChI=1S/C12H23N3O4/c1-5-9(11(17)18)14-12(19)15(6-2)7-10(16)13-8(3)4/h8-9H,5-7H2,1-4H3,(H,13,16)(H,14,19)(H,17,18)/t9-/m1/s1. The topological polar surface area (TPSA) is 98.7 Å². The van der Waals surface area contributed by atoms with E-state index in [1.165, 1.54) is 4.90 Å². The number of hydrogen-bond acceptors (Lipinski definition) is 3. The maximum absolute atomic E-state index is 11.8. The van der Waals surface area contributed by atoms with Crippen molar-refractivity contribution >= 4 is 17.9 Å². The van der Waals surface area contributed by atoms with Gasteiger partial charge < -0.3 is 20.6 Å². The number of nitrogens with one attached hydrogen (secondary N) is 2. The molecule has 0 aliphatic rings. The van der Waals surface area contributed by atoms with Crippen LogP contribution >= 0.6 is 0 Å². The fraction of sp³-hybridized carbons (Fsp3) is 0.750. The van der Waals surface area contributed by atoms with E-state index in [9.17, 15) is 14.4 Å². The van der Waals surface area contributed by atoms with Gasteiger partial charge in [-0.1, -0.05) is 6.92 Å². The Hall–Kier alpha value is -1.79. The molecule has 3 amide bonds. The molecule has 0 saturated carbocycles. The average Bonchev–Trinajstić information content (AvgIpc) is 2.31. The number of carboxylic acid groups (broad SMARTS) is 1. The van der Waals surface area contributed by atoms with Crippen LogP contribution in [0.15, 0.2) is 0 Å². The Morgan fingerprint density at radius 2 is 1.74 bits per heavy atom. The number of amides is 3. The predicted molar refractivity (Wildman–Crippen MR) is 70.8 cm³/mol. The van der Waals surface area contributed by atoms with Gasteiger partial charge in [0.05, 0.1) is 0 Å². The Bertz CT molecular complexity index is 331. The number of urea groups is 1. The molecule has 0 fully saturated rings. The fourth-order valence-electron chi connectivity index (χ4n) is 1.45. The molecular weight excluding hydrogens is 250 g/mol. The van der Waals surface area contributed by atoms with Gasteiger partial charge in [-0.2, -0.15) is 0 Å². The third-order valence-corrected chi connectivity index (χ3v) is 2.46. The van der Waals surface area contributed by atoms with E-state index in [1.807, 2.05) is 13.8 Å². The Kier molecular flexibility index (Phi) is 7.55. The first-order valence-electron chi connectivity index (χ1n) is 6.39. The minimum Gasteiger partial charge on any atom is -0.480 e. The van der Waals surface area contributed by atoms with E-state index in [4.69, 9.17) is 5.11 Å². The first-order valence-corrected chi connectivity index (χ1v) is 6.39. The zero-order chi connectivity index (χ0) is 15.0. The summed E-state index contributed by atoms with van der Waals surface area (Å²) in [5.41, 5.74) is 0. The molecule has 7 nitrogen and oxygen atoms in total. The number of carboxylic acids is 1. The maximum atomic E-state index is 11.8. The van der Waals surface area contributed by atoms with Crippen LogP contribution in [-0.2, 0) is 9.59 Å². The molecule has 0 unspecified atom stereocenters. The van der Waals surface area contributed by atoms with Gasteiger partial charge in [0.2, 0.25) is 5.91 Å². The molecule has 0 aromatic heterocycles. The molecule has 0 rings (SSSR count). The number of rotatable bonds is 7. The summed E-state index contributed by atoms with van der Waals surface area (Å²) >= 11 is 0. The SMILES string of the molecule is CC[C@@H](NC(=O)N(CC)CC(=O)NC(C)C)C(=O)O. The summed E-state index contributed by atoms with van der Waals surface area (Å²) in [5.74, 6) is -1.35. The fourth-order valence-corrected chi connectivity index (χ4v) is 1.45. The number of likely N-dealkylation sites (N-methyl/N-ethyl adjacent to an activating group) is 1. The van der Waals surface area contributed by atoms with Gasteiger partial charge in [-0.05, 0) is 27.2 Å². The van der Waals surface area contributed by atoms with Crippen molar-refractivity contribution in [1.29, 1.82) is 0 Å². The second-order valence-electron chi connectivity index (χ2n) is 4.48. The third kappa shape index (κ3) is 6.64. The maximum Gasteiger partial charge on any atom is 0.326 e. The summed E-state index contributed by atoms with van der Waals surface area (Å²) in [6.45, 7) is 7.28. The van der Waals surface area contributed by atoms with Gasteiger partial charge in [-0.3, -0.25) is 4.79 Å². The quantitative estimate of drug-likeness (QED) is 0.625. The predicted octanol–water partition coefficient (Wildman–Crippen LogP) is 0.406. The van der Waals surface area contributed by atoms with E-state index >= 15 is 0 Å². The van der Waals surface area contributed by atoms with E-state index in [2.05, 4.69) is 10.6 Å². The van der Waals surface area contributed by atoms with Gasteiger partial charge in [0, 0.05) is 12.6 Å². The van der Waals surface area contributed by atoms with Crippen LogP contribution in [0.2, 0.25) is 0 Å². The molecule has 7 heteroatoms. The van der Waals surface area contributed by atoms with Crippen molar-refractivity contribution in [2.75, 3.05) is 13.1 Å². The van der Waals surface area contributed by atoms with Crippen molar-refractivity contribution < 1.29 is 19.5 Å². The van der Waals surface area contributed by atoms with Gasteiger partial charge in [0.15, 0.2) is 0 Å². The molecule has 0 saturated heterocycles. The van der Waals surface area contributed by atoms with E-state index in [0.29, 0.717) is 6.54 Å². The highest BCUT2D eigenvalue weighted by Gasteiger charge is 2.22. The minimum absolute atomic E-state index is 0.00308. The summed E-state index contributed by atoms with van der Waals surface area (Å²) in [5, 5.41) is 13.9. The summed E-state index contributed by atoms with van der Waals surface area (Å²) in [4.78, 5) is 35.5. The monoisotopic (exact) mass is 273 g/mol. The highest BCUT2D eigenvalue weighted by Crippen LogP contribution is 1.96. The lowest BCUT2D eigenvalue weighted by Crippen LogP contribution is -2.50. The lowest BCUT2D eigenvalue weighted by Gasteiger charge is -2.23. The van der Waals surface area contributed by atoms with Crippen molar-refractivity contribution in [3.63, 3.8) is 0 Å². The Morgan fingerprint density at radius 1 is 1.16 bits per heavy atom. The van der Waals surface area contributed by atoms with Crippen LogP contribution in [0.25, 0.3) is 0 Å². The summed E-state index contributed by atoms with van der Waals surface area (Å²) < 4.78 is 0. The van der Waals surface area contributed by atoms with Crippen molar-refractivity contribution in [2.24, 2.45) is 0 Å².